The van der Waals surface area contributed by atoms with E-state index in [-0.39, 0.29) is 12.4 Å². The molecule has 0 spiro atoms. The zero-order valence-corrected chi connectivity index (χ0v) is 14.2. The molecule has 0 amide bonds. The predicted molar refractivity (Wildman–Crippen MR) is 90.7 cm³/mol. The van der Waals surface area contributed by atoms with Gasteiger partial charge in [0, 0.05) is 26.6 Å². The van der Waals surface area contributed by atoms with E-state index in [0.717, 1.165) is 24.5 Å². The lowest BCUT2D eigenvalue weighted by Gasteiger charge is -2.14. The third-order valence-corrected chi connectivity index (χ3v) is 3.11. The molecule has 1 aromatic heterocycles. The van der Waals surface area contributed by atoms with Gasteiger partial charge in [0.25, 0.3) is 0 Å². The van der Waals surface area contributed by atoms with Gasteiger partial charge < -0.3 is 24.5 Å². The van der Waals surface area contributed by atoms with Crippen molar-refractivity contribution in [1.29, 1.82) is 0 Å². The molecule has 128 valence electrons. The molecule has 23 heavy (non-hydrogen) atoms. The first-order valence-corrected chi connectivity index (χ1v) is 7.24. The normalized spacial score (nSPS) is 10.0. The van der Waals surface area contributed by atoms with Crippen molar-refractivity contribution in [3.8, 4) is 11.5 Å². The van der Waals surface area contributed by atoms with Crippen LogP contribution < -0.4 is 20.1 Å². The number of anilines is 1. The number of hydrogen-bond acceptors (Lipinski definition) is 7. The summed E-state index contributed by atoms with van der Waals surface area (Å²) in [5.41, 5.74) is 5.45. The Balaban J connectivity index is 0.00000264. The van der Waals surface area contributed by atoms with Gasteiger partial charge >= 0.3 is 6.01 Å². The largest absolute Gasteiger partial charge is 0.493 e. The molecule has 0 aliphatic heterocycles. The van der Waals surface area contributed by atoms with Gasteiger partial charge in [0.15, 0.2) is 11.5 Å². The van der Waals surface area contributed by atoms with Crippen LogP contribution in [-0.2, 0) is 6.42 Å². The number of halogens is 1. The van der Waals surface area contributed by atoms with E-state index in [9.17, 15) is 0 Å². The van der Waals surface area contributed by atoms with Crippen molar-refractivity contribution in [1.82, 2.24) is 10.2 Å². The van der Waals surface area contributed by atoms with Crippen molar-refractivity contribution in [3.05, 3.63) is 30.2 Å². The van der Waals surface area contributed by atoms with Crippen molar-refractivity contribution < 1.29 is 13.9 Å². The van der Waals surface area contributed by atoms with E-state index in [0.29, 0.717) is 31.5 Å². The number of ether oxygens (including phenoxy) is 2. The van der Waals surface area contributed by atoms with Crippen LogP contribution in [-0.4, -0.2) is 44.1 Å². The third kappa shape index (κ3) is 5.61. The predicted octanol–water partition coefficient (Wildman–Crippen LogP) is 1.91. The second kappa shape index (κ2) is 9.91. The zero-order chi connectivity index (χ0) is 15.8. The summed E-state index contributed by atoms with van der Waals surface area (Å²) in [6.45, 7) is 1.83. The first kappa shape index (κ1) is 19.1. The lowest BCUT2D eigenvalue weighted by molar-refractivity contribution is 0.290. The van der Waals surface area contributed by atoms with E-state index < -0.39 is 0 Å². The molecule has 1 heterocycles. The minimum absolute atomic E-state index is 0. The number of nitrogens with zero attached hydrogens (tertiary/aromatic N) is 3. The van der Waals surface area contributed by atoms with Crippen LogP contribution >= 0.6 is 12.4 Å². The van der Waals surface area contributed by atoms with Gasteiger partial charge in [0.2, 0.25) is 5.89 Å². The summed E-state index contributed by atoms with van der Waals surface area (Å²) in [6, 6.07) is 8.09. The minimum atomic E-state index is 0. The molecular weight excluding hydrogens is 320 g/mol. The van der Waals surface area contributed by atoms with Crippen LogP contribution in [0.5, 0.6) is 11.5 Å². The molecule has 0 atom stereocenters. The number of hydrogen-bond donors (Lipinski definition) is 1. The van der Waals surface area contributed by atoms with E-state index in [2.05, 4.69) is 10.2 Å². The minimum Gasteiger partial charge on any atom is -0.493 e. The molecule has 0 unspecified atom stereocenters. The molecule has 1 aromatic carbocycles. The Morgan fingerprint density at radius 1 is 1.22 bits per heavy atom. The number of aromatic nitrogens is 2. The number of nitrogens with two attached hydrogens (primary N) is 1. The molecule has 8 heteroatoms. The average molecular weight is 343 g/mol. The third-order valence-electron chi connectivity index (χ3n) is 3.11. The number of benzene rings is 1. The maximum Gasteiger partial charge on any atom is 0.317 e. The fourth-order valence-corrected chi connectivity index (χ4v) is 1.94. The molecule has 0 saturated heterocycles. The van der Waals surface area contributed by atoms with Crippen LogP contribution in [0.3, 0.4) is 0 Å². The quantitative estimate of drug-likeness (QED) is 0.696. The Kier molecular flexibility index (Phi) is 8.21. The smallest absolute Gasteiger partial charge is 0.317 e. The molecule has 2 N–H and O–H groups in total. The maximum atomic E-state index is 5.72. The molecule has 0 fully saturated rings. The van der Waals surface area contributed by atoms with E-state index in [1.807, 2.05) is 36.2 Å². The Labute approximate surface area is 142 Å². The van der Waals surface area contributed by atoms with Crippen LogP contribution in [0.25, 0.3) is 0 Å². The summed E-state index contributed by atoms with van der Waals surface area (Å²) in [5, 5.41) is 7.93. The SMILES string of the molecule is COc1ccccc1OCCCN(C)c1nnc(CCN)o1.Cl. The monoisotopic (exact) mass is 342 g/mol. The highest BCUT2D eigenvalue weighted by molar-refractivity contribution is 5.85. The van der Waals surface area contributed by atoms with Crippen molar-refractivity contribution in [2.75, 3.05) is 38.8 Å². The summed E-state index contributed by atoms with van der Waals surface area (Å²) in [4.78, 5) is 1.90. The topological polar surface area (TPSA) is 86.6 Å². The number of para-hydroxylation sites is 2. The second-order valence-corrected chi connectivity index (χ2v) is 4.79. The van der Waals surface area contributed by atoms with E-state index >= 15 is 0 Å². The standard InChI is InChI=1S/C15H22N4O3.ClH/c1-19(15-18-17-14(22-15)8-9-16)10-5-11-21-13-7-4-3-6-12(13)20-2;/h3-4,6-7H,5,8-11,16H2,1-2H3;1H. The molecule has 0 saturated carbocycles. The van der Waals surface area contributed by atoms with Crippen molar-refractivity contribution in [2.24, 2.45) is 5.73 Å². The average Bonchev–Trinajstić information content (AvgIpc) is 3.01. The Morgan fingerprint density at radius 2 is 1.96 bits per heavy atom. The summed E-state index contributed by atoms with van der Waals surface area (Å²) >= 11 is 0. The first-order valence-electron chi connectivity index (χ1n) is 7.24. The highest BCUT2D eigenvalue weighted by atomic mass is 35.5. The highest BCUT2D eigenvalue weighted by Gasteiger charge is 2.10. The molecule has 0 aliphatic rings. The summed E-state index contributed by atoms with van der Waals surface area (Å²) < 4.78 is 16.5. The molecule has 0 bridgehead atoms. The van der Waals surface area contributed by atoms with Gasteiger partial charge in [-0.3, -0.25) is 0 Å². The fourth-order valence-electron chi connectivity index (χ4n) is 1.94. The van der Waals surface area contributed by atoms with E-state index in [4.69, 9.17) is 19.6 Å². The van der Waals surface area contributed by atoms with Gasteiger partial charge in [-0.05, 0) is 18.6 Å². The van der Waals surface area contributed by atoms with Gasteiger partial charge in [-0.15, -0.1) is 17.5 Å². The Hall–Kier alpha value is -1.99. The van der Waals surface area contributed by atoms with Crippen molar-refractivity contribution >= 4 is 18.4 Å². The number of rotatable bonds is 9. The molecule has 0 radical (unpaired) electrons. The van der Waals surface area contributed by atoms with Gasteiger partial charge in [-0.2, -0.15) is 0 Å². The second-order valence-electron chi connectivity index (χ2n) is 4.79. The van der Waals surface area contributed by atoms with Crippen LogP contribution in [0.1, 0.15) is 12.3 Å². The van der Waals surface area contributed by atoms with Crippen molar-refractivity contribution in [3.63, 3.8) is 0 Å². The van der Waals surface area contributed by atoms with Gasteiger partial charge in [0.05, 0.1) is 13.7 Å². The summed E-state index contributed by atoms with van der Waals surface area (Å²) in [7, 11) is 3.54. The van der Waals surface area contributed by atoms with Crippen LogP contribution in [0.4, 0.5) is 6.01 Å². The summed E-state index contributed by atoms with van der Waals surface area (Å²) in [6.07, 6.45) is 1.42. The zero-order valence-electron chi connectivity index (χ0n) is 13.4. The lowest BCUT2D eigenvalue weighted by Crippen LogP contribution is -2.20. The van der Waals surface area contributed by atoms with E-state index in [1.165, 1.54) is 0 Å². The van der Waals surface area contributed by atoms with Gasteiger partial charge in [0.1, 0.15) is 0 Å². The molecule has 2 rings (SSSR count). The van der Waals surface area contributed by atoms with Crippen LogP contribution in [0, 0.1) is 0 Å². The lowest BCUT2D eigenvalue weighted by atomic mass is 10.3. The fraction of sp³-hybridized carbons (Fsp3) is 0.467. The number of methoxy groups -OCH3 is 1. The highest BCUT2D eigenvalue weighted by Crippen LogP contribution is 2.25. The van der Waals surface area contributed by atoms with Crippen LogP contribution in [0.15, 0.2) is 28.7 Å². The van der Waals surface area contributed by atoms with Gasteiger partial charge in [-0.25, -0.2) is 0 Å². The Bertz CT molecular complexity index is 579. The van der Waals surface area contributed by atoms with Crippen LogP contribution in [0.2, 0.25) is 0 Å². The first-order chi connectivity index (χ1) is 10.7. The molecule has 2 aromatic rings. The van der Waals surface area contributed by atoms with E-state index in [1.54, 1.807) is 7.11 Å². The molecule has 0 aliphatic carbocycles. The molecular formula is C15H23ClN4O3. The maximum absolute atomic E-state index is 5.72. The Morgan fingerprint density at radius 3 is 2.65 bits per heavy atom. The molecule has 7 nitrogen and oxygen atoms in total. The van der Waals surface area contributed by atoms with Crippen molar-refractivity contribution in [2.45, 2.75) is 12.8 Å². The summed E-state index contributed by atoms with van der Waals surface area (Å²) in [5.74, 6) is 2.05. The van der Waals surface area contributed by atoms with Gasteiger partial charge in [-0.1, -0.05) is 17.2 Å².